The molecule has 0 aromatic carbocycles. The van der Waals surface area contributed by atoms with Gasteiger partial charge in [0.1, 0.15) is 12.0 Å². The Kier molecular flexibility index (Phi) is 4.21. The summed E-state index contributed by atoms with van der Waals surface area (Å²) in [5.74, 6) is 1.02. The van der Waals surface area contributed by atoms with Crippen LogP contribution < -0.4 is 15.8 Å². The summed E-state index contributed by atoms with van der Waals surface area (Å²) in [6, 6.07) is 4.52. The maximum atomic E-state index is 5.93. The molecule has 2 aromatic rings. The molecule has 0 saturated heterocycles. The third-order valence-electron chi connectivity index (χ3n) is 2.73. The number of aryl methyl sites for hydroxylation is 1. The number of anilines is 2. The van der Waals surface area contributed by atoms with Gasteiger partial charge in [-0.05, 0) is 26.0 Å². The van der Waals surface area contributed by atoms with E-state index < -0.39 is 0 Å². The summed E-state index contributed by atoms with van der Waals surface area (Å²) in [7, 11) is 1.54. The van der Waals surface area contributed by atoms with Crippen LogP contribution in [-0.4, -0.2) is 23.1 Å². The van der Waals surface area contributed by atoms with Crippen LogP contribution in [0, 0.1) is 6.92 Å². The van der Waals surface area contributed by atoms with Crippen molar-refractivity contribution in [3.63, 3.8) is 0 Å². The average Bonchev–Trinajstić information content (AvgIpc) is 2.77. The number of thiophene rings is 1. The Balaban J connectivity index is 2.04. The normalized spacial score (nSPS) is 12.2. The Morgan fingerprint density at radius 1 is 1.42 bits per heavy atom. The molecule has 2 heterocycles. The maximum absolute atomic E-state index is 5.93. The largest absolute Gasteiger partial charge is 0.479 e. The summed E-state index contributed by atoms with van der Waals surface area (Å²) in [5, 5.41) is 3.29. The van der Waals surface area contributed by atoms with Crippen LogP contribution >= 0.6 is 11.3 Å². The number of hydrogen-bond donors (Lipinski definition) is 2. The second-order valence-electron chi connectivity index (χ2n) is 4.41. The summed E-state index contributed by atoms with van der Waals surface area (Å²) in [6.07, 6.45) is 2.38. The number of nitrogen functional groups attached to an aromatic ring is 1. The van der Waals surface area contributed by atoms with Crippen LogP contribution in [-0.2, 0) is 6.42 Å². The molecule has 1 atom stereocenters. The summed E-state index contributed by atoms with van der Waals surface area (Å²) >= 11 is 1.81. The highest BCUT2D eigenvalue weighted by atomic mass is 32.1. The van der Waals surface area contributed by atoms with Crippen molar-refractivity contribution in [3.8, 4) is 5.88 Å². The maximum Gasteiger partial charge on any atom is 0.242 e. The van der Waals surface area contributed by atoms with Crippen LogP contribution in [0.5, 0.6) is 5.88 Å². The highest BCUT2D eigenvalue weighted by Gasteiger charge is 2.11. The van der Waals surface area contributed by atoms with Crippen molar-refractivity contribution in [2.45, 2.75) is 26.3 Å². The molecule has 0 radical (unpaired) electrons. The van der Waals surface area contributed by atoms with Gasteiger partial charge in [-0.25, -0.2) is 4.98 Å². The second kappa shape index (κ2) is 5.88. The van der Waals surface area contributed by atoms with Gasteiger partial charge in [0, 0.05) is 22.2 Å². The van der Waals surface area contributed by atoms with Gasteiger partial charge in [0.05, 0.1) is 7.11 Å². The molecule has 0 fully saturated rings. The van der Waals surface area contributed by atoms with E-state index in [1.807, 2.05) is 11.3 Å². The van der Waals surface area contributed by atoms with Crippen LogP contribution in [0.4, 0.5) is 11.5 Å². The number of hydrogen-bond acceptors (Lipinski definition) is 6. The molecule has 0 aliphatic rings. The van der Waals surface area contributed by atoms with E-state index in [0.717, 1.165) is 6.42 Å². The molecule has 0 bridgehead atoms. The van der Waals surface area contributed by atoms with E-state index in [1.165, 1.54) is 16.1 Å². The van der Waals surface area contributed by atoms with E-state index in [9.17, 15) is 0 Å². The van der Waals surface area contributed by atoms with Crippen LogP contribution in [0.1, 0.15) is 16.7 Å². The van der Waals surface area contributed by atoms with Crippen molar-refractivity contribution in [1.82, 2.24) is 9.97 Å². The lowest BCUT2D eigenvalue weighted by Crippen LogP contribution is -2.19. The third kappa shape index (κ3) is 3.35. The van der Waals surface area contributed by atoms with Gasteiger partial charge in [-0.1, -0.05) is 0 Å². The Morgan fingerprint density at radius 2 is 2.21 bits per heavy atom. The highest BCUT2D eigenvalue weighted by Crippen LogP contribution is 2.25. The number of nitrogens with two attached hydrogens (primary N) is 1. The molecule has 0 spiro atoms. The quantitative estimate of drug-likeness (QED) is 0.879. The zero-order valence-corrected chi connectivity index (χ0v) is 12.1. The first-order valence-electron chi connectivity index (χ1n) is 6.06. The monoisotopic (exact) mass is 278 g/mol. The predicted molar refractivity (Wildman–Crippen MR) is 78.8 cm³/mol. The van der Waals surface area contributed by atoms with Crippen molar-refractivity contribution in [2.24, 2.45) is 0 Å². The molecule has 6 heteroatoms. The molecule has 2 rings (SSSR count). The summed E-state index contributed by atoms with van der Waals surface area (Å²) in [4.78, 5) is 10.8. The van der Waals surface area contributed by atoms with Crippen LogP contribution in [0.2, 0.25) is 0 Å². The lowest BCUT2D eigenvalue weighted by molar-refractivity contribution is 0.399. The summed E-state index contributed by atoms with van der Waals surface area (Å²) < 4.78 is 5.07. The van der Waals surface area contributed by atoms with Gasteiger partial charge in [0.2, 0.25) is 5.88 Å². The van der Waals surface area contributed by atoms with Gasteiger partial charge < -0.3 is 15.8 Å². The first-order valence-corrected chi connectivity index (χ1v) is 6.88. The van der Waals surface area contributed by atoms with Crippen molar-refractivity contribution in [2.75, 3.05) is 18.2 Å². The topological polar surface area (TPSA) is 73.1 Å². The van der Waals surface area contributed by atoms with Gasteiger partial charge >= 0.3 is 0 Å². The summed E-state index contributed by atoms with van der Waals surface area (Å²) in [6.45, 7) is 4.21. The molecule has 1 unspecified atom stereocenters. The van der Waals surface area contributed by atoms with Crippen LogP contribution in [0.3, 0.4) is 0 Å². The van der Waals surface area contributed by atoms with Crippen molar-refractivity contribution >= 4 is 22.8 Å². The smallest absolute Gasteiger partial charge is 0.242 e. The molecule has 0 amide bonds. The predicted octanol–water partition coefficient (Wildman–Crippen LogP) is 2.48. The number of aromatic nitrogens is 2. The minimum absolute atomic E-state index is 0.236. The van der Waals surface area contributed by atoms with Gasteiger partial charge in [-0.2, -0.15) is 4.98 Å². The standard InChI is InChI=1S/C13H18N4OS/c1-8(6-10-5-4-9(2)19-10)17-12-11(14)13(18-3)16-7-15-12/h4-5,7-8H,6,14H2,1-3H3,(H,15,16,17). The second-order valence-corrected chi connectivity index (χ2v) is 5.78. The molecule has 2 aromatic heterocycles. The Labute approximate surface area is 116 Å². The zero-order chi connectivity index (χ0) is 13.8. The van der Waals surface area contributed by atoms with Crippen molar-refractivity contribution in [3.05, 3.63) is 28.2 Å². The Bertz CT molecular complexity index is 555. The number of ether oxygens (including phenoxy) is 1. The average molecular weight is 278 g/mol. The molecular weight excluding hydrogens is 260 g/mol. The third-order valence-corrected chi connectivity index (χ3v) is 3.75. The van der Waals surface area contributed by atoms with Crippen molar-refractivity contribution < 1.29 is 4.74 Å². The molecule has 3 N–H and O–H groups in total. The van der Waals surface area contributed by atoms with E-state index in [4.69, 9.17) is 10.5 Å². The van der Waals surface area contributed by atoms with E-state index in [-0.39, 0.29) is 6.04 Å². The molecule has 102 valence electrons. The fourth-order valence-electron chi connectivity index (χ4n) is 1.84. The van der Waals surface area contributed by atoms with E-state index >= 15 is 0 Å². The van der Waals surface area contributed by atoms with Crippen LogP contribution in [0.15, 0.2) is 18.5 Å². The molecule has 0 saturated carbocycles. The first kappa shape index (κ1) is 13.6. The number of nitrogens with one attached hydrogen (secondary N) is 1. The fourth-order valence-corrected chi connectivity index (χ4v) is 2.86. The number of nitrogens with zero attached hydrogens (tertiary/aromatic N) is 2. The Hall–Kier alpha value is -1.82. The summed E-state index contributed by atoms with van der Waals surface area (Å²) in [5.41, 5.74) is 6.37. The van der Waals surface area contributed by atoms with Crippen LogP contribution in [0.25, 0.3) is 0 Å². The van der Waals surface area contributed by atoms with Gasteiger partial charge in [-0.15, -0.1) is 11.3 Å². The minimum atomic E-state index is 0.236. The first-order chi connectivity index (χ1) is 9.10. The van der Waals surface area contributed by atoms with Gasteiger partial charge in [0.25, 0.3) is 0 Å². The van der Waals surface area contributed by atoms with E-state index in [0.29, 0.717) is 17.4 Å². The van der Waals surface area contributed by atoms with Gasteiger partial charge in [-0.3, -0.25) is 0 Å². The molecular formula is C13H18N4OS. The lowest BCUT2D eigenvalue weighted by Gasteiger charge is -2.15. The van der Waals surface area contributed by atoms with E-state index in [2.05, 4.69) is 41.3 Å². The lowest BCUT2D eigenvalue weighted by atomic mass is 10.2. The molecule has 19 heavy (non-hydrogen) atoms. The fraction of sp³-hybridized carbons (Fsp3) is 0.385. The van der Waals surface area contributed by atoms with Crippen molar-refractivity contribution in [1.29, 1.82) is 0 Å². The molecule has 0 aliphatic heterocycles. The van der Waals surface area contributed by atoms with Gasteiger partial charge in [0.15, 0.2) is 5.82 Å². The minimum Gasteiger partial charge on any atom is -0.479 e. The SMILES string of the molecule is COc1ncnc(NC(C)Cc2ccc(C)s2)c1N. The zero-order valence-electron chi connectivity index (χ0n) is 11.3. The van der Waals surface area contributed by atoms with E-state index in [1.54, 1.807) is 7.11 Å². The number of rotatable bonds is 5. The molecule has 0 aliphatic carbocycles. The highest BCUT2D eigenvalue weighted by molar-refractivity contribution is 7.11. The Morgan fingerprint density at radius 3 is 2.84 bits per heavy atom. The molecule has 5 nitrogen and oxygen atoms in total. The number of methoxy groups -OCH3 is 1.